The number of aliphatic hydroxyl groups excluding tert-OH is 2. The van der Waals surface area contributed by atoms with Gasteiger partial charge in [-0.2, -0.15) is 14.8 Å². The zero-order chi connectivity index (χ0) is 24.7. The first-order valence-electron chi connectivity index (χ1n) is 11.1. The highest BCUT2D eigenvalue weighted by Crippen LogP contribution is 2.38. The lowest BCUT2D eigenvalue weighted by atomic mass is 10.1. The van der Waals surface area contributed by atoms with Crippen LogP contribution in [0.1, 0.15) is 37.6 Å². The van der Waals surface area contributed by atoms with E-state index >= 15 is 0 Å². The molecule has 1 aliphatic rings. The predicted molar refractivity (Wildman–Crippen MR) is 129 cm³/mol. The number of aromatic nitrogens is 8. The number of rotatable bonds is 7. The number of fused-ring (bicyclic) bond motifs is 1. The van der Waals surface area contributed by atoms with Gasteiger partial charge < -0.3 is 26.0 Å². The maximum absolute atomic E-state index is 10.8. The molecular weight excluding hydrogens is 520 g/mol. The number of nitrogens with zero attached hydrogens (tertiary/aromatic N) is 8. The van der Waals surface area contributed by atoms with Crippen molar-refractivity contribution in [3.05, 3.63) is 46.5 Å². The van der Waals surface area contributed by atoms with Crippen LogP contribution in [0.2, 0.25) is 0 Å². The molecule has 35 heavy (non-hydrogen) atoms. The Morgan fingerprint density at radius 3 is 2.69 bits per heavy atom. The topological polar surface area (TPSA) is 175 Å². The van der Waals surface area contributed by atoms with Gasteiger partial charge in [0.25, 0.3) is 0 Å². The van der Waals surface area contributed by atoms with E-state index in [0.29, 0.717) is 23.7 Å². The molecule has 0 aliphatic carbocycles. The van der Waals surface area contributed by atoms with Gasteiger partial charge in [-0.15, -0.1) is 10.2 Å². The van der Waals surface area contributed by atoms with E-state index in [1.165, 1.54) is 15.7 Å². The summed E-state index contributed by atoms with van der Waals surface area (Å²) in [5, 5.41) is 36.7. The van der Waals surface area contributed by atoms with Crippen molar-refractivity contribution < 1.29 is 14.9 Å². The molecular formula is C21H25BrN10O3. The van der Waals surface area contributed by atoms with Crippen molar-refractivity contribution in [2.24, 2.45) is 0 Å². The van der Waals surface area contributed by atoms with Gasteiger partial charge in [-0.3, -0.25) is 4.57 Å². The van der Waals surface area contributed by atoms with Crippen LogP contribution in [0.4, 0.5) is 11.8 Å². The number of aliphatic hydroxyl groups is 2. The van der Waals surface area contributed by atoms with Crippen molar-refractivity contribution in [3.8, 4) is 0 Å². The smallest absolute Gasteiger partial charge is 0.226 e. The fourth-order valence-corrected chi connectivity index (χ4v) is 4.31. The van der Waals surface area contributed by atoms with Gasteiger partial charge in [-0.05, 0) is 43.2 Å². The van der Waals surface area contributed by atoms with Crippen LogP contribution < -0.4 is 11.1 Å². The van der Waals surface area contributed by atoms with E-state index in [9.17, 15) is 10.2 Å². The first-order chi connectivity index (χ1) is 16.8. The zero-order valence-electron chi connectivity index (χ0n) is 19.0. The molecule has 0 spiro atoms. The summed E-state index contributed by atoms with van der Waals surface area (Å²) in [6.45, 7) is 4.40. The Morgan fingerprint density at radius 1 is 1.20 bits per heavy atom. The number of tetrazole rings is 1. The third-order valence-electron chi connectivity index (χ3n) is 5.80. The van der Waals surface area contributed by atoms with Crippen LogP contribution in [-0.4, -0.2) is 68.2 Å². The van der Waals surface area contributed by atoms with Crippen molar-refractivity contribution in [2.45, 2.75) is 57.4 Å². The number of hydrogen-bond acceptors (Lipinski definition) is 11. The highest BCUT2D eigenvalue weighted by molar-refractivity contribution is 9.10. The molecule has 184 valence electrons. The van der Waals surface area contributed by atoms with E-state index in [-0.39, 0.29) is 17.7 Å². The van der Waals surface area contributed by atoms with E-state index < -0.39 is 24.5 Å². The fourth-order valence-electron chi connectivity index (χ4n) is 4.04. The van der Waals surface area contributed by atoms with E-state index in [2.05, 4.69) is 51.6 Å². The summed E-state index contributed by atoms with van der Waals surface area (Å²) in [4.78, 5) is 14.6. The van der Waals surface area contributed by atoms with E-state index in [4.69, 9.17) is 10.5 Å². The summed E-state index contributed by atoms with van der Waals surface area (Å²) in [6.07, 6.45) is -2.31. The molecule has 0 bridgehead atoms. The minimum Gasteiger partial charge on any atom is -0.387 e. The molecule has 5 atom stereocenters. The average molecular weight is 545 g/mol. The molecule has 0 unspecified atom stereocenters. The van der Waals surface area contributed by atoms with Gasteiger partial charge in [0.05, 0.1) is 12.9 Å². The average Bonchev–Trinajstić information content (AvgIpc) is 3.54. The lowest BCUT2D eigenvalue weighted by Crippen LogP contribution is -2.29. The summed E-state index contributed by atoms with van der Waals surface area (Å²) in [5.41, 5.74) is 8.03. The minimum absolute atomic E-state index is 0.0103. The summed E-state index contributed by atoms with van der Waals surface area (Å²) >= 11 is 3.44. The molecule has 1 aromatic carbocycles. The number of nitrogens with one attached hydrogen (secondary N) is 1. The number of nitrogen functional groups attached to an aromatic ring is 1. The molecule has 4 aromatic rings. The first-order valence-corrected chi connectivity index (χ1v) is 11.9. The van der Waals surface area contributed by atoms with Gasteiger partial charge >= 0.3 is 0 Å². The van der Waals surface area contributed by atoms with Crippen molar-refractivity contribution in [1.29, 1.82) is 0 Å². The normalized spacial score (nSPS) is 23.1. The van der Waals surface area contributed by atoms with E-state index in [0.717, 1.165) is 16.5 Å². The third kappa shape index (κ3) is 4.57. The van der Waals surface area contributed by atoms with E-state index in [1.807, 2.05) is 38.1 Å². The minimum atomic E-state index is -1.28. The van der Waals surface area contributed by atoms with Crippen molar-refractivity contribution >= 4 is 38.9 Å². The Labute approximate surface area is 208 Å². The van der Waals surface area contributed by atoms with Crippen LogP contribution >= 0.6 is 15.9 Å². The Balaban J connectivity index is 1.39. The number of imidazole rings is 1. The van der Waals surface area contributed by atoms with Gasteiger partial charge in [-0.25, -0.2) is 4.98 Å². The van der Waals surface area contributed by atoms with Gasteiger partial charge in [0.1, 0.15) is 17.7 Å². The highest BCUT2D eigenvalue weighted by Gasteiger charge is 2.47. The predicted octanol–water partition coefficient (Wildman–Crippen LogP) is 1.21. The summed E-state index contributed by atoms with van der Waals surface area (Å²) in [5.74, 6) is 0.686. The second-order valence-corrected chi connectivity index (χ2v) is 9.31. The molecule has 13 nitrogen and oxygen atoms in total. The maximum atomic E-state index is 10.8. The number of nitrogens with two attached hydrogens (primary N) is 1. The molecule has 1 saturated heterocycles. The standard InChI is InChI=1S/C21H25BrN10O3/c1-3-32-29-18(28-30-32)16-14(33)15(34)20(35-16)31-9-24-13-17(23)26-21(27-19(13)31)25-10(2)8-11-4-6-12(22)7-5-11/h4-7,9-10,14-16,20,33-34H,3,8H2,1-2H3,(H3,23,25,26,27)/t10-,14+,15-,16+,20-/m1/s1. The zero-order valence-corrected chi connectivity index (χ0v) is 20.6. The largest absolute Gasteiger partial charge is 0.387 e. The molecule has 0 saturated carbocycles. The van der Waals surface area contributed by atoms with Crippen molar-refractivity contribution in [3.63, 3.8) is 0 Å². The molecule has 0 radical (unpaired) electrons. The number of anilines is 2. The van der Waals surface area contributed by atoms with Crippen LogP contribution in [-0.2, 0) is 17.7 Å². The lowest BCUT2D eigenvalue weighted by molar-refractivity contribution is -0.0384. The van der Waals surface area contributed by atoms with Crippen LogP contribution in [0, 0.1) is 0 Å². The van der Waals surface area contributed by atoms with Crippen molar-refractivity contribution in [2.75, 3.05) is 11.1 Å². The summed E-state index contributed by atoms with van der Waals surface area (Å²) < 4.78 is 8.49. The Kier molecular flexibility index (Phi) is 6.35. The van der Waals surface area contributed by atoms with Gasteiger partial charge in [-0.1, -0.05) is 28.1 Å². The monoisotopic (exact) mass is 544 g/mol. The van der Waals surface area contributed by atoms with Crippen molar-refractivity contribution in [1.82, 2.24) is 39.7 Å². The molecule has 14 heteroatoms. The summed E-state index contributed by atoms with van der Waals surface area (Å²) in [7, 11) is 0. The van der Waals surface area contributed by atoms with Gasteiger partial charge in [0.15, 0.2) is 23.8 Å². The van der Waals surface area contributed by atoms with Crippen LogP contribution in [0.15, 0.2) is 35.1 Å². The number of halogens is 1. The number of ether oxygens (including phenoxy) is 1. The summed E-state index contributed by atoms with van der Waals surface area (Å²) in [6, 6.07) is 8.09. The molecule has 3 aromatic heterocycles. The lowest BCUT2D eigenvalue weighted by Gasteiger charge is -2.17. The SMILES string of the molecule is CCn1nnc([C@H]2O[C@@H](n3cnc4c(N)nc(N[C@H](C)Cc5ccc(Br)cc5)nc43)[C@H](O)[C@@H]2O)n1. The molecule has 1 fully saturated rings. The van der Waals surface area contributed by atoms with Gasteiger partial charge in [0, 0.05) is 10.5 Å². The van der Waals surface area contributed by atoms with Crippen LogP contribution in [0.5, 0.6) is 0 Å². The Morgan fingerprint density at radius 2 is 1.97 bits per heavy atom. The second-order valence-electron chi connectivity index (χ2n) is 8.40. The molecule has 5 rings (SSSR count). The maximum Gasteiger partial charge on any atom is 0.226 e. The van der Waals surface area contributed by atoms with Crippen LogP contribution in [0.25, 0.3) is 11.2 Å². The molecule has 4 heterocycles. The Bertz CT molecular complexity index is 1330. The first kappa shape index (κ1) is 23.5. The quantitative estimate of drug-likeness (QED) is 0.263. The molecule has 5 N–H and O–H groups in total. The van der Waals surface area contributed by atoms with E-state index in [1.54, 1.807) is 0 Å². The highest BCUT2D eigenvalue weighted by atomic mass is 79.9. The molecule has 0 amide bonds. The fraction of sp³-hybridized carbons (Fsp3) is 0.429. The Hall–Kier alpha value is -3.20. The van der Waals surface area contributed by atoms with Gasteiger partial charge in [0.2, 0.25) is 11.8 Å². The number of aryl methyl sites for hydroxylation is 1. The molecule has 1 aliphatic heterocycles. The van der Waals surface area contributed by atoms with Crippen LogP contribution in [0.3, 0.4) is 0 Å². The number of benzene rings is 1. The second kappa shape index (κ2) is 9.45. The third-order valence-corrected chi connectivity index (χ3v) is 6.33. The number of hydrogen-bond donors (Lipinski definition) is 4.